The third kappa shape index (κ3) is 2.53. The van der Waals surface area contributed by atoms with Crippen LogP contribution in [0.3, 0.4) is 0 Å². The summed E-state index contributed by atoms with van der Waals surface area (Å²) in [5.74, 6) is -0.497. The fourth-order valence-electron chi connectivity index (χ4n) is 1.91. The van der Waals surface area contributed by atoms with Crippen molar-refractivity contribution in [1.82, 2.24) is 0 Å². The molecule has 3 nitrogen and oxygen atoms in total. The van der Waals surface area contributed by atoms with Crippen LogP contribution in [-0.4, -0.2) is 12.9 Å². The third-order valence-electron chi connectivity index (χ3n) is 2.84. The topological polar surface area (TPSA) is 53.1 Å². The van der Waals surface area contributed by atoms with E-state index in [1.165, 1.54) is 6.07 Å². The smallest absolute Gasteiger partial charge is 0.146 e. The molecule has 0 amide bonds. The van der Waals surface area contributed by atoms with Gasteiger partial charge in [0.1, 0.15) is 11.7 Å². The molecule has 0 atom stereocenters. The molecule has 0 aromatic heterocycles. The van der Waals surface area contributed by atoms with E-state index < -0.39 is 0 Å². The molecule has 2 rings (SSSR count). The Labute approximate surface area is 115 Å². The van der Waals surface area contributed by atoms with Crippen LogP contribution in [0.25, 0.3) is 0 Å². The normalized spacial score (nSPS) is 10.3. The van der Waals surface area contributed by atoms with Crippen LogP contribution in [0.15, 0.2) is 42.5 Å². The first-order valence-electron chi connectivity index (χ1n) is 5.63. The highest BCUT2D eigenvalue weighted by atomic mass is 35.5. The van der Waals surface area contributed by atoms with E-state index in [0.717, 1.165) is 0 Å². The Morgan fingerprint density at radius 2 is 1.79 bits per heavy atom. The number of amidine groups is 1. The summed E-state index contributed by atoms with van der Waals surface area (Å²) < 4.78 is 13.8. The van der Waals surface area contributed by atoms with Crippen molar-refractivity contribution in [2.45, 2.75) is 0 Å². The SMILES string of the molecule is CN(c1ccccc1F)c1cccc(Cl)c1C(=N)N. The van der Waals surface area contributed by atoms with Crippen molar-refractivity contribution in [3.8, 4) is 0 Å². The van der Waals surface area contributed by atoms with Gasteiger partial charge in [-0.15, -0.1) is 0 Å². The third-order valence-corrected chi connectivity index (χ3v) is 3.15. The predicted molar refractivity (Wildman–Crippen MR) is 76.9 cm³/mol. The molecule has 0 bridgehead atoms. The van der Waals surface area contributed by atoms with Gasteiger partial charge < -0.3 is 10.6 Å². The summed E-state index contributed by atoms with van der Waals surface area (Å²) in [5.41, 5.74) is 6.93. The first-order chi connectivity index (χ1) is 9.02. The standard InChI is InChI=1S/C14H13ClFN3/c1-19(11-7-3-2-6-10(11)16)12-8-4-5-9(15)13(12)14(17)18/h2-8H,1H3,(H3,17,18). The van der Waals surface area contributed by atoms with Gasteiger partial charge in [-0.25, -0.2) is 4.39 Å². The minimum absolute atomic E-state index is 0.149. The van der Waals surface area contributed by atoms with E-state index >= 15 is 0 Å². The number of hydrogen-bond donors (Lipinski definition) is 2. The zero-order valence-electron chi connectivity index (χ0n) is 10.3. The molecule has 3 N–H and O–H groups in total. The van der Waals surface area contributed by atoms with Gasteiger partial charge in [-0.1, -0.05) is 29.8 Å². The molecule has 19 heavy (non-hydrogen) atoms. The molecular formula is C14H13ClFN3. The Morgan fingerprint density at radius 1 is 1.16 bits per heavy atom. The number of benzene rings is 2. The lowest BCUT2D eigenvalue weighted by Crippen LogP contribution is -2.19. The lowest BCUT2D eigenvalue weighted by atomic mass is 10.1. The van der Waals surface area contributed by atoms with Crippen LogP contribution < -0.4 is 10.6 Å². The van der Waals surface area contributed by atoms with E-state index in [2.05, 4.69) is 0 Å². The molecule has 0 fully saturated rings. The average Bonchev–Trinajstić information content (AvgIpc) is 2.37. The lowest BCUT2D eigenvalue weighted by molar-refractivity contribution is 0.627. The maximum atomic E-state index is 13.8. The highest BCUT2D eigenvalue weighted by Crippen LogP contribution is 2.32. The molecule has 5 heteroatoms. The Balaban J connectivity index is 2.57. The molecule has 2 aromatic rings. The minimum Gasteiger partial charge on any atom is -0.384 e. The van der Waals surface area contributed by atoms with Gasteiger partial charge in [0.15, 0.2) is 0 Å². The van der Waals surface area contributed by atoms with Crippen molar-refractivity contribution >= 4 is 28.8 Å². The maximum absolute atomic E-state index is 13.8. The highest BCUT2D eigenvalue weighted by molar-refractivity contribution is 6.34. The highest BCUT2D eigenvalue weighted by Gasteiger charge is 2.16. The van der Waals surface area contributed by atoms with Gasteiger partial charge in [-0.2, -0.15) is 0 Å². The van der Waals surface area contributed by atoms with Crippen molar-refractivity contribution in [1.29, 1.82) is 5.41 Å². The fourth-order valence-corrected chi connectivity index (χ4v) is 2.18. The average molecular weight is 278 g/mol. The Kier molecular flexibility index (Phi) is 3.71. The number of nitrogens with two attached hydrogens (primary N) is 1. The Morgan fingerprint density at radius 3 is 2.42 bits per heavy atom. The number of hydrogen-bond acceptors (Lipinski definition) is 2. The molecule has 0 aliphatic rings. The molecule has 0 spiro atoms. The zero-order chi connectivity index (χ0) is 14.0. The van der Waals surface area contributed by atoms with Gasteiger partial charge >= 0.3 is 0 Å². The second kappa shape index (κ2) is 5.28. The number of nitrogen functional groups attached to an aromatic ring is 1. The summed E-state index contributed by atoms with van der Waals surface area (Å²) in [6, 6.07) is 11.5. The first kappa shape index (κ1) is 13.4. The number of rotatable bonds is 3. The quantitative estimate of drug-likeness (QED) is 0.666. The molecule has 98 valence electrons. The molecule has 0 saturated carbocycles. The Hall–Kier alpha value is -2.07. The monoisotopic (exact) mass is 277 g/mol. The van der Waals surface area contributed by atoms with E-state index in [1.54, 1.807) is 48.3 Å². The van der Waals surface area contributed by atoms with Gasteiger partial charge in [0.25, 0.3) is 0 Å². The number of nitrogens with zero attached hydrogens (tertiary/aromatic N) is 1. The fraction of sp³-hybridized carbons (Fsp3) is 0.0714. The van der Waals surface area contributed by atoms with Crippen LogP contribution in [0, 0.1) is 11.2 Å². The summed E-state index contributed by atoms with van der Waals surface area (Å²) >= 11 is 6.05. The number of para-hydroxylation sites is 1. The molecule has 2 aromatic carbocycles. The van der Waals surface area contributed by atoms with E-state index in [1.807, 2.05) is 0 Å². The first-order valence-corrected chi connectivity index (χ1v) is 6.01. The van der Waals surface area contributed by atoms with E-state index in [9.17, 15) is 4.39 Å². The Bertz CT molecular complexity index is 628. The summed E-state index contributed by atoms with van der Waals surface area (Å²) in [6.07, 6.45) is 0. The summed E-state index contributed by atoms with van der Waals surface area (Å²) in [4.78, 5) is 1.62. The van der Waals surface area contributed by atoms with Gasteiger partial charge in [0.2, 0.25) is 0 Å². The summed E-state index contributed by atoms with van der Waals surface area (Å²) in [5, 5.41) is 7.97. The number of nitrogens with one attached hydrogen (secondary N) is 1. The molecule has 0 heterocycles. The van der Waals surface area contributed by atoms with Crippen molar-refractivity contribution < 1.29 is 4.39 Å². The largest absolute Gasteiger partial charge is 0.384 e. The second-order valence-corrected chi connectivity index (χ2v) is 4.47. The molecule has 0 aliphatic carbocycles. The number of halogens is 2. The van der Waals surface area contributed by atoms with Crippen LogP contribution in [0.4, 0.5) is 15.8 Å². The van der Waals surface area contributed by atoms with Crippen molar-refractivity contribution in [2.24, 2.45) is 5.73 Å². The van der Waals surface area contributed by atoms with Crippen LogP contribution >= 0.6 is 11.6 Å². The van der Waals surface area contributed by atoms with Gasteiger partial charge in [0.05, 0.1) is 22.0 Å². The van der Waals surface area contributed by atoms with Crippen molar-refractivity contribution in [3.05, 3.63) is 58.9 Å². The lowest BCUT2D eigenvalue weighted by Gasteiger charge is -2.23. The number of anilines is 2. The van der Waals surface area contributed by atoms with E-state index in [4.69, 9.17) is 22.7 Å². The molecule has 0 unspecified atom stereocenters. The molecule has 0 saturated heterocycles. The predicted octanol–water partition coefficient (Wildman–Crippen LogP) is 3.53. The minimum atomic E-state index is -0.348. The maximum Gasteiger partial charge on any atom is 0.146 e. The zero-order valence-corrected chi connectivity index (χ0v) is 11.1. The van der Waals surface area contributed by atoms with Gasteiger partial charge in [-0.3, -0.25) is 5.41 Å². The van der Waals surface area contributed by atoms with Gasteiger partial charge in [0, 0.05) is 7.05 Å². The van der Waals surface area contributed by atoms with Crippen LogP contribution in [0.5, 0.6) is 0 Å². The van der Waals surface area contributed by atoms with Crippen molar-refractivity contribution in [3.63, 3.8) is 0 Å². The van der Waals surface area contributed by atoms with Gasteiger partial charge in [-0.05, 0) is 24.3 Å². The second-order valence-electron chi connectivity index (χ2n) is 4.06. The van der Waals surface area contributed by atoms with E-state index in [-0.39, 0.29) is 11.7 Å². The molecule has 0 aliphatic heterocycles. The summed E-state index contributed by atoms with van der Waals surface area (Å²) in [6.45, 7) is 0. The molecule has 0 radical (unpaired) electrons. The van der Waals surface area contributed by atoms with Crippen LogP contribution in [-0.2, 0) is 0 Å². The van der Waals surface area contributed by atoms with Crippen LogP contribution in [0.2, 0.25) is 5.02 Å². The van der Waals surface area contributed by atoms with Crippen molar-refractivity contribution in [2.75, 3.05) is 11.9 Å². The van der Waals surface area contributed by atoms with Crippen LogP contribution in [0.1, 0.15) is 5.56 Å². The van der Waals surface area contributed by atoms with E-state index in [0.29, 0.717) is 22.0 Å². The molecular weight excluding hydrogens is 265 g/mol. The summed E-state index contributed by atoms with van der Waals surface area (Å²) in [7, 11) is 1.70.